The third kappa shape index (κ3) is 4.80. The van der Waals surface area contributed by atoms with Gasteiger partial charge in [0, 0.05) is 25.7 Å². The molecule has 1 aromatic rings. The van der Waals surface area contributed by atoms with E-state index in [1.807, 2.05) is 0 Å². The molecule has 0 aromatic heterocycles. The number of ether oxygens (including phenoxy) is 1. The highest BCUT2D eigenvalue weighted by atomic mass is 16.5. The molecule has 3 heteroatoms. The molecule has 1 aliphatic heterocycles. The molecular formula is C18H30N2O. The summed E-state index contributed by atoms with van der Waals surface area (Å²) in [5.74, 6) is 0. The van der Waals surface area contributed by atoms with E-state index in [-0.39, 0.29) is 5.41 Å². The van der Waals surface area contributed by atoms with Crippen molar-refractivity contribution in [3.63, 3.8) is 0 Å². The van der Waals surface area contributed by atoms with Gasteiger partial charge in [0.25, 0.3) is 0 Å². The number of nitrogens with zero attached hydrogens (tertiary/aromatic N) is 1. The average Bonchev–Trinajstić information content (AvgIpc) is 2.44. The van der Waals surface area contributed by atoms with Crippen molar-refractivity contribution in [2.24, 2.45) is 0 Å². The van der Waals surface area contributed by atoms with E-state index >= 15 is 0 Å². The van der Waals surface area contributed by atoms with Crippen LogP contribution in [-0.4, -0.2) is 44.3 Å². The molecule has 1 aliphatic rings. The number of nitrogens with one attached hydrogen (secondary N) is 1. The van der Waals surface area contributed by atoms with Crippen LogP contribution in [0, 0.1) is 0 Å². The van der Waals surface area contributed by atoms with Crippen LogP contribution < -0.4 is 5.32 Å². The first-order valence-electron chi connectivity index (χ1n) is 8.00. The molecule has 21 heavy (non-hydrogen) atoms. The molecule has 0 bridgehead atoms. The highest BCUT2D eigenvalue weighted by Crippen LogP contribution is 2.23. The van der Waals surface area contributed by atoms with E-state index in [0.717, 1.165) is 26.2 Å². The van der Waals surface area contributed by atoms with Crippen molar-refractivity contribution in [3.8, 4) is 0 Å². The normalized spacial score (nSPS) is 22.2. The fraction of sp³-hybridized carbons (Fsp3) is 0.667. The number of hydrogen-bond donors (Lipinski definition) is 1. The van der Waals surface area contributed by atoms with Crippen LogP contribution in [0.15, 0.2) is 24.3 Å². The Morgan fingerprint density at radius 3 is 2.52 bits per heavy atom. The van der Waals surface area contributed by atoms with E-state index in [1.165, 1.54) is 11.1 Å². The van der Waals surface area contributed by atoms with Crippen molar-refractivity contribution < 1.29 is 4.74 Å². The van der Waals surface area contributed by atoms with Crippen LogP contribution in [0.2, 0.25) is 0 Å². The van der Waals surface area contributed by atoms with E-state index in [4.69, 9.17) is 4.74 Å². The Bertz CT molecular complexity index is 436. The lowest BCUT2D eigenvalue weighted by Gasteiger charge is -2.31. The highest BCUT2D eigenvalue weighted by Gasteiger charge is 2.18. The molecule has 0 aliphatic carbocycles. The molecule has 3 nitrogen and oxygen atoms in total. The Morgan fingerprint density at radius 1 is 1.29 bits per heavy atom. The minimum atomic E-state index is 0.218. The topological polar surface area (TPSA) is 24.5 Å². The standard InChI is InChI=1S/C18H30N2O/c1-14(19-12-17-13-20(5)10-11-21-17)15-6-8-16(9-7-15)18(2,3)4/h6-9,14,17,19H,10-13H2,1-5H3. The first-order valence-corrected chi connectivity index (χ1v) is 8.00. The van der Waals surface area contributed by atoms with Crippen LogP contribution in [0.25, 0.3) is 0 Å². The third-order valence-electron chi connectivity index (χ3n) is 4.27. The fourth-order valence-corrected chi connectivity index (χ4v) is 2.69. The molecule has 1 aromatic carbocycles. The van der Waals surface area contributed by atoms with E-state index in [0.29, 0.717) is 12.1 Å². The smallest absolute Gasteiger partial charge is 0.0826 e. The summed E-state index contributed by atoms with van der Waals surface area (Å²) < 4.78 is 5.79. The summed E-state index contributed by atoms with van der Waals surface area (Å²) in [4.78, 5) is 2.33. The number of likely N-dealkylation sites (N-methyl/N-ethyl adjacent to an activating group) is 1. The summed E-state index contributed by atoms with van der Waals surface area (Å²) in [5.41, 5.74) is 2.94. The summed E-state index contributed by atoms with van der Waals surface area (Å²) in [7, 11) is 2.16. The zero-order valence-corrected chi connectivity index (χ0v) is 14.1. The quantitative estimate of drug-likeness (QED) is 0.922. The zero-order chi connectivity index (χ0) is 15.5. The highest BCUT2D eigenvalue weighted by molar-refractivity contribution is 5.29. The van der Waals surface area contributed by atoms with Crippen LogP contribution in [0.1, 0.15) is 44.9 Å². The largest absolute Gasteiger partial charge is 0.374 e. The van der Waals surface area contributed by atoms with Gasteiger partial charge in [0.1, 0.15) is 0 Å². The lowest BCUT2D eigenvalue weighted by Crippen LogP contribution is -2.45. The molecule has 1 saturated heterocycles. The van der Waals surface area contributed by atoms with Crippen molar-refractivity contribution in [1.29, 1.82) is 0 Å². The van der Waals surface area contributed by atoms with Gasteiger partial charge in [0.05, 0.1) is 12.7 Å². The van der Waals surface area contributed by atoms with Crippen LogP contribution in [0.4, 0.5) is 0 Å². The van der Waals surface area contributed by atoms with E-state index in [9.17, 15) is 0 Å². The Morgan fingerprint density at radius 2 is 1.95 bits per heavy atom. The fourth-order valence-electron chi connectivity index (χ4n) is 2.69. The first kappa shape index (κ1) is 16.5. The number of benzene rings is 1. The number of morpholine rings is 1. The minimum absolute atomic E-state index is 0.218. The van der Waals surface area contributed by atoms with Gasteiger partial charge in [-0.05, 0) is 30.5 Å². The number of hydrogen-bond acceptors (Lipinski definition) is 3. The predicted octanol–water partition coefficient (Wildman–Crippen LogP) is 2.97. The van der Waals surface area contributed by atoms with Gasteiger partial charge < -0.3 is 15.0 Å². The molecule has 2 rings (SSSR count). The third-order valence-corrected chi connectivity index (χ3v) is 4.27. The predicted molar refractivity (Wildman–Crippen MR) is 88.8 cm³/mol. The zero-order valence-electron chi connectivity index (χ0n) is 14.1. The second kappa shape index (κ2) is 6.91. The van der Waals surface area contributed by atoms with Gasteiger partial charge in [-0.2, -0.15) is 0 Å². The first-order chi connectivity index (χ1) is 9.86. The second-order valence-electron chi connectivity index (χ2n) is 7.26. The van der Waals surface area contributed by atoms with Crippen LogP contribution in [0.3, 0.4) is 0 Å². The Kier molecular flexibility index (Phi) is 5.42. The maximum Gasteiger partial charge on any atom is 0.0826 e. The Balaban J connectivity index is 1.87. The molecule has 0 spiro atoms. The molecule has 0 saturated carbocycles. The second-order valence-corrected chi connectivity index (χ2v) is 7.26. The molecule has 0 radical (unpaired) electrons. The van der Waals surface area contributed by atoms with Gasteiger partial charge in [-0.15, -0.1) is 0 Å². The Hall–Kier alpha value is -0.900. The van der Waals surface area contributed by atoms with E-state index in [1.54, 1.807) is 0 Å². The summed E-state index contributed by atoms with van der Waals surface area (Å²) in [6, 6.07) is 9.34. The van der Waals surface area contributed by atoms with Gasteiger partial charge in [0.2, 0.25) is 0 Å². The average molecular weight is 290 g/mol. The van der Waals surface area contributed by atoms with E-state index in [2.05, 4.69) is 69.2 Å². The molecule has 1 N–H and O–H groups in total. The van der Waals surface area contributed by atoms with Crippen LogP contribution in [-0.2, 0) is 10.2 Å². The van der Waals surface area contributed by atoms with Gasteiger partial charge >= 0.3 is 0 Å². The van der Waals surface area contributed by atoms with Gasteiger partial charge in [-0.25, -0.2) is 0 Å². The summed E-state index contributed by atoms with van der Waals surface area (Å²) in [5, 5.41) is 3.60. The maximum absolute atomic E-state index is 5.79. The van der Waals surface area contributed by atoms with Gasteiger partial charge in [-0.3, -0.25) is 0 Å². The van der Waals surface area contributed by atoms with Crippen molar-refractivity contribution in [2.45, 2.75) is 45.3 Å². The van der Waals surface area contributed by atoms with Crippen LogP contribution >= 0.6 is 0 Å². The van der Waals surface area contributed by atoms with Crippen molar-refractivity contribution >= 4 is 0 Å². The summed E-state index contributed by atoms with van der Waals surface area (Å²) in [6.07, 6.45) is 0.306. The SMILES string of the molecule is CC(NCC1CN(C)CCO1)c1ccc(C(C)(C)C)cc1. The monoisotopic (exact) mass is 290 g/mol. The van der Waals surface area contributed by atoms with Crippen molar-refractivity contribution in [2.75, 3.05) is 33.3 Å². The Labute approximate surface area is 129 Å². The minimum Gasteiger partial charge on any atom is -0.374 e. The summed E-state index contributed by atoms with van der Waals surface area (Å²) in [6.45, 7) is 12.8. The lowest BCUT2D eigenvalue weighted by molar-refractivity contribution is -0.0190. The van der Waals surface area contributed by atoms with E-state index < -0.39 is 0 Å². The maximum atomic E-state index is 5.79. The van der Waals surface area contributed by atoms with Crippen LogP contribution in [0.5, 0.6) is 0 Å². The van der Waals surface area contributed by atoms with Crippen molar-refractivity contribution in [1.82, 2.24) is 10.2 Å². The van der Waals surface area contributed by atoms with Gasteiger partial charge in [-0.1, -0.05) is 45.0 Å². The van der Waals surface area contributed by atoms with Gasteiger partial charge in [0.15, 0.2) is 0 Å². The lowest BCUT2D eigenvalue weighted by atomic mass is 9.86. The number of rotatable bonds is 4. The molecule has 118 valence electrons. The molecule has 2 atom stereocenters. The molecule has 1 heterocycles. The molecule has 2 unspecified atom stereocenters. The molecule has 1 fully saturated rings. The summed E-state index contributed by atoms with van der Waals surface area (Å²) >= 11 is 0. The molecular weight excluding hydrogens is 260 g/mol. The molecule has 0 amide bonds. The van der Waals surface area contributed by atoms with Crippen molar-refractivity contribution in [3.05, 3.63) is 35.4 Å².